The van der Waals surface area contributed by atoms with E-state index < -0.39 is 6.04 Å². The normalized spacial score (nSPS) is 15.1. The van der Waals surface area contributed by atoms with Crippen LogP contribution in [0.2, 0.25) is 0 Å². The number of amides is 1. The third-order valence-electron chi connectivity index (χ3n) is 5.17. The van der Waals surface area contributed by atoms with Gasteiger partial charge in [0, 0.05) is 11.9 Å². The SMILES string of the molecule is COc1cccc(C2C(C(=O)Nc3cccnc3)=C(C)Nc3nc(-c4cccs4)nn32)c1. The number of hydrogen-bond acceptors (Lipinski definition) is 7. The summed E-state index contributed by atoms with van der Waals surface area (Å²) < 4.78 is 7.19. The largest absolute Gasteiger partial charge is 0.497 e. The number of hydrogen-bond donors (Lipinski definition) is 2. The van der Waals surface area contributed by atoms with Crippen molar-refractivity contribution in [2.45, 2.75) is 13.0 Å². The average molecular weight is 445 g/mol. The Balaban J connectivity index is 1.62. The van der Waals surface area contributed by atoms with Gasteiger partial charge in [-0.3, -0.25) is 9.78 Å². The quantitative estimate of drug-likeness (QED) is 0.476. The van der Waals surface area contributed by atoms with Gasteiger partial charge in [-0.2, -0.15) is 4.98 Å². The summed E-state index contributed by atoms with van der Waals surface area (Å²) in [4.78, 5) is 23.2. The summed E-state index contributed by atoms with van der Waals surface area (Å²) in [6, 6.07) is 14.7. The average Bonchev–Trinajstić information content (AvgIpc) is 3.48. The smallest absolute Gasteiger partial charge is 0.255 e. The summed E-state index contributed by atoms with van der Waals surface area (Å²) in [5.74, 6) is 1.65. The van der Waals surface area contributed by atoms with Crippen LogP contribution in [0.5, 0.6) is 5.75 Å². The Morgan fingerprint density at radius 3 is 2.88 bits per heavy atom. The van der Waals surface area contributed by atoms with Crippen LogP contribution in [-0.2, 0) is 4.79 Å². The van der Waals surface area contributed by atoms with Gasteiger partial charge in [0.25, 0.3) is 5.91 Å². The second kappa shape index (κ2) is 8.27. The van der Waals surface area contributed by atoms with Crippen molar-refractivity contribution >= 4 is 28.9 Å². The molecule has 1 amide bonds. The molecule has 4 heterocycles. The molecule has 1 atom stereocenters. The van der Waals surface area contributed by atoms with Crippen molar-refractivity contribution < 1.29 is 9.53 Å². The van der Waals surface area contributed by atoms with Gasteiger partial charge < -0.3 is 15.4 Å². The molecule has 2 N–H and O–H groups in total. The second-order valence-corrected chi connectivity index (χ2v) is 8.17. The number of pyridine rings is 1. The molecule has 5 rings (SSSR count). The number of allylic oxidation sites excluding steroid dienone is 1. The minimum atomic E-state index is -0.487. The monoisotopic (exact) mass is 444 g/mol. The Bertz CT molecular complexity index is 1300. The van der Waals surface area contributed by atoms with E-state index in [1.54, 1.807) is 47.7 Å². The van der Waals surface area contributed by atoms with Gasteiger partial charge in [0.15, 0.2) is 5.82 Å². The molecule has 0 bridgehead atoms. The lowest BCUT2D eigenvalue weighted by atomic mass is 9.95. The number of benzene rings is 1. The molecule has 9 heteroatoms. The van der Waals surface area contributed by atoms with E-state index in [9.17, 15) is 4.79 Å². The summed E-state index contributed by atoms with van der Waals surface area (Å²) in [6.07, 6.45) is 3.27. The number of thiophene rings is 1. The zero-order valence-corrected chi connectivity index (χ0v) is 18.3. The maximum absolute atomic E-state index is 13.4. The van der Waals surface area contributed by atoms with Crippen molar-refractivity contribution in [1.82, 2.24) is 19.7 Å². The maximum atomic E-state index is 13.4. The minimum absolute atomic E-state index is 0.241. The van der Waals surface area contributed by atoms with Crippen molar-refractivity contribution in [3.8, 4) is 16.5 Å². The molecular formula is C23H20N6O2S. The number of fused-ring (bicyclic) bond motifs is 1. The molecule has 1 unspecified atom stereocenters. The molecule has 0 saturated carbocycles. The molecule has 8 nitrogen and oxygen atoms in total. The number of nitrogens with one attached hydrogen (secondary N) is 2. The lowest BCUT2D eigenvalue weighted by Crippen LogP contribution is -2.31. The Kier molecular flexibility index (Phi) is 5.16. The lowest BCUT2D eigenvalue weighted by molar-refractivity contribution is -0.113. The fourth-order valence-corrected chi connectivity index (χ4v) is 4.36. The molecule has 1 aliphatic rings. The third-order valence-corrected chi connectivity index (χ3v) is 6.03. The predicted molar refractivity (Wildman–Crippen MR) is 124 cm³/mol. The van der Waals surface area contributed by atoms with Gasteiger partial charge >= 0.3 is 0 Å². The number of carbonyl (C=O) groups is 1. The Morgan fingerprint density at radius 1 is 1.22 bits per heavy atom. The topological polar surface area (TPSA) is 94.0 Å². The summed E-state index contributed by atoms with van der Waals surface area (Å²) in [6.45, 7) is 1.87. The van der Waals surface area contributed by atoms with E-state index >= 15 is 0 Å². The van der Waals surface area contributed by atoms with E-state index in [0.29, 0.717) is 34.5 Å². The van der Waals surface area contributed by atoms with E-state index in [1.807, 2.05) is 48.7 Å². The van der Waals surface area contributed by atoms with Crippen LogP contribution >= 0.6 is 11.3 Å². The van der Waals surface area contributed by atoms with Crippen molar-refractivity contribution in [2.75, 3.05) is 17.7 Å². The first-order valence-electron chi connectivity index (χ1n) is 9.97. The number of ether oxygens (including phenoxy) is 1. The van der Waals surface area contributed by atoms with Gasteiger partial charge in [-0.15, -0.1) is 16.4 Å². The van der Waals surface area contributed by atoms with Crippen LogP contribution in [0.25, 0.3) is 10.7 Å². The van der Waals surface area contributed by atoms with E-state index in [2.05, 4.69) is 20.6 Å². The Morgan fingerprint density at radius 2 is 2.12 bits per heavy atom. The molecule has 0 radical (unpaired) electrons. The number of methoxy groups -OCH3 is 1. The fourth-order valence-electron chi connectivity index (χ4n) is 3.71. The van der Waals surface area contributed by atoms with Crippen molar-refractivity contribution in [3.63, 3.8) is 0 Å². The minimum Gasteiger partial charge on any atom is -0.497 e. The van der Waals surface area contributed by atoms with Crippen LogP contribution in [0.15, 0.2) is 77.6 Å². The van der Waals surface area contributed by atoms with Gasteiger partial charge in [-0.25, -0.2) is 4.68 Å². The highest BCUT2D eigenvalue weighted by atomic mass is 32.1. The number of rotatable bonds is 5. The Hall–Kier alpha value is -3.98. The molecule has 0 aliphatic carbocycles. The van der Waals surface area contributed by atoms with Crippen LogP contribution < -0.4 is 15.4 Å². The van der Waals surface area contributed by atoms with E-state index in [1.165, 1.54) is 0 Å². The molecule has 0 spiro atoms. The first-order valence-corrected chi connectivity index (χ1v) is 10.9. The van der Waals surface area contributed by atoms with Gasteiger partial charge in [-0.05, 0) is 48.2 Å². The highest BCUT2D eigenvalue weighted by molar-refractivity contribution is 7.13. The third kappa shape index (κ3) is 3.63. The van der Waals surface area contributed by atoms with Crippen LogP contribution in [0.1, 0.15) is 18.5 Å². The highest BCUT2D eigenvalue weighted by Gasteiger charge is 2.34. The Labute approximate surface area is 188 Å². The first kappa shape index (κ1) is 20.0. The lowest BCUT2D eigenvalue weighted by Gasteiger charge is -2.28. The zero-order valence-electron chi connectivity index (χ0n) is 17.4. The van der Waals surface area contributed by atoms with Gasteiger partial charge in [-0.1, -0.05) is 18.2 Å². The summed E-state index contributed by atoms with van der Waals surface area (Å²) in [5.41, 5.74) is 2.73. The molecule has 0 saturated heterocycles. The molecule has 1 aromatic carbocycles. The number of carbonyl (C=O) groups excluding carboxylic acids is 1. The highest BCUT2D eigenvalue weighted by Crippen LogP contribution is 2.38. The molecule has 0 fully saturated rings. The van der Waals surface area contributed by atoms with E-state index in [0.717, 1.165) is 10.4 Å². The molecule has 32 heavy (non-hydrogen) atoms. The first-order chi connectivity index (χ1) is 15.6. The van der Waals surface area contributed by atoms with E-state index in [-0.39, 0.29) is 5.91 Å². The van der Waals surface area contributed by atoms with Crippen LogP contribution in [-0.4, -0.2) is 32.8 Å². The summed E-state index contributed by atoms with van der Waals surface area (Å²) in [7, 11) is 1.62. The van der Waals surface area contributed by atoms with E-state index in [4.69, 9.17) is 9.84 Å². The second-order valence-electron chi connectivity index (χ2n) is 7.22. The van der Waals surface area contributed by atoms with Gasteiger partial charge in [0.05, 0.1) is 29.4 Å². The predicted octanol–water partition coefficient (Wildman–Crippen LogP) is 4.34. The number of aromatic nitrogens is 4. The van der Waals surface area contributed by atoms with Crippen molar-refractivity contribution in [1.29, 1.82) is 0 Å². The molecule has 1 aliphatic heterocycles. The van der Waals surface area contributed by atoms with Crippen LogP contribution in [0, 0.1) is 0 Å². The summed E-state index contributed by atoms with van der Waals surface area (Å²) >= 11 is 1.57. The van der Waals surface area contributed by atoms with Crippen molar-refractivity contribution in [2.24, 2.45) is 0 Å². The zero-order chi connectivity index (χ0) is 22.1. The van der Waals surface area contributed by atoms with Crippen molar-refractivity contribution in [3.05, 3.63) is 83.1 Å². The van der Waals surface area contributed by atoms with Crippen LogP contribution in [0.3, 0.4) is 0 Å². The molecular weight excluding hydrogens is 424 g/mol. The molecule has 3 aromatic heterocycles. The molecule has 160 valence electrons. The maximum Gasteiger partial charge on any atom is 0.255 e. The standard InChI is InChI=1S/C23H20N6O2S/c1-14-19(22(30)26-16-7-4-10-24-13-16)20(15-6-3-8-17(12-15)31-2)29-23(25-14)27-21(28-29)18-9-5-11-32-18/h3-13,20H,1-2H3,(H,26,30)(H,25,27,28). The van der Waals surface area contributed by atoms with Gasteiger partial charge in [0.1, 0.15) is 11.8 Å². The number of nitrogens with zero attached hydrogens (tertiary/aromatic N) is 4. The molecule has 4 aromatic rings. The van der Waals surface area contributed by atoms with Gasteiger partial charge in [0.2, 0.25) is 5.95 Å². The fraction of sp³-hybridized carbons (Fsp3) is 0.130. The van der Waals surface area contributed by atoms with Crippen LogP contribution in [0.4, 0.5) is 11.6 Å². The summed E-state index contributed by atoms with van der Waals surface area (Å²) in [5, 5.41) is 13.0. The number of anilines is 2.